The quantitative estimate of drug-likeness (QED) is 0.546. The third-order valence-electron chi connectivity index (χ3n) is 3.47. The van der Waals surface area contributed by atoms with Gasteiger partial charge in [-0.2, -0.15) is 5.10 Å². The van der Waals surface area contributed by atoms with Gasteiger partial charge in [0.05, 0.1) is 0 Å². The Labute approximate surface area is 132 Å². The lowest BCUT2D eigenvalue weighted by atomic mass is 10.0. The number of ketones is 1. The van der Waals surface area contributed by atoms with Gasteiger partial charge in [0.1, 0.15) is 24.2 Å². The van der Waals surface area contributed by atoms with Gasteiger partial charge in [-0.25, -0.2) is 14.1 Å². The first-order valence-electron chi connectivity index (χ1n) is 7.08. The summed E-state index contributed by atoms with van der Waals surface area (Å²) < 4.78 is 15.5. The zero-order chi connectivity index (χ0) is 16.2. The first-order valence-corrected chi connectivity index (χ1v) is 7.08. The highest BCUT2D eigenvalue weighted by molar-refractivity contribution is 6.07. The number of hydrogen-bond acceptors (Lipinski definition) is 3. The topological polar surface area (TPSA) is 47.8 Å². The molecule has 1 heterocycles. The molecule has 0 radical (unpaired) electrons. The Hall–Kier alpha value is -3.08. The van der Waals surface area contributed by atoms with E-state index in [9.17, 15) is 9.18 Å². The minimum Gasteiger partial charge on any atom is -0.289 e. The number of aryl methyl sites for hydroxylation is 1. The van der Waals surface area contributed by atoms with Crippen molar-refractivity contribution in [1.29, 1.82) is 0 Å². The molecule has 23 heavy (non-hydrogen) atoms. The molecule has 0 amide bonds. The van der Waals surface area contributed by atoms with Crippen molar-refractivity contribution in [1.82, 2.24) is 14.8 Å². The van der Waals surface area contributed by atoms with Crippen LogP contribution in [-0.4, -0.2) is 20.5 Å². The minimum atomic E-state index is -0.430. The molecule has 2 aromatic carbocycles. The molecule has 0 N–H and O–H groups in total. The number of benzene rings is 2. The van der Waals surface area contributed by atoms with Gasteiger partial charge >= 0.3 is 0 Å². The molecule has 0 bridgehead atoms. The minimum absolute atomic E-state index is 0.108. The second-order valence-electron chi connectivity index (χ2n) is 5.06. The highest BCUT2D eigenvalue weighted by atomic mass is 19.1. The summed E-state index contributed by atoms with van der Waals surface area (Å²) in [5, 5.41) is 3.89. The Morgan fingerprint density at radius 2 is 2.04 bits per heavy atom. The lowest BCUT2D eigenvalue weighted by Crippen LogP contribution is -1.99. The normalized spacial score (nSPS) is 11.0. The summed E-state index contributed by atoms with van der Waals surface area (Å²) in [4.78, 5) is 16.0. The fourth-order valence-electron chi connectivity index (χ4n) is 2.26. The zero-order valence-corrected chi connectivity index (χ0v) is 12.5. The van der Waals surface area contributed by atoms with Crippen LogP contribution in [0, 0.1) is 12.7 Å². The third-order valence-corrected chi connectivity index (χ3v) is 3.47. The SMILES string of the molecule is Cc1ccccc1C(=O)C=Cc1ccc(-n2cncn2)c(F)c1. The van der Waals surface area contributed by atoms with Crippen molar-refractivity contribution in [3.63, 3.8) is 0 Å². The molecule has 3 rings (SSSR count). The molecule has 0 aliphatic heterocycles. The fourth-order valence-corrected chi connectivity index (χ4v) is 2.26. The second kappa shape index (κ2) is 6.36. The highest BCUT2D eigenvalue weighted by Crippen LogP contribution is 2.16. The lowest BCUT2D eigenvalue weighted by molar-refractivity contribution is 0.104. The predicted molar refractivity (Wildman–Crippen MR) is 85.9 cm³/mol. The molecule has 0 fully saturated rings. The first kappa shape index (κ1) is 14.8. The van der Waals surface area contributed by atoms with Crippen molar-refractivity contribution in [2.45, 2.75) is 6.92 Å². The van der Waals surface area contributed by atoms with Crippen molar-refractivity contribution in [3.05, 3.63) is 83.7 Å². The fraction of sp³-hybridized carbons (Fsp3) is 0.0556. The first-order chi connectivity index (χ1) is 11.1. The number of allylic oxidation sites excluding steroid dienone is 1. The van der Waals surface area contributed by atoms with E-state index in [0.717, 1.165) is 5.56 Å². The predicted octanol–water partition coefficient (Wildman–Crippen LogP) is 3.61. The van der Waals surface area contributed by atoms with Gasteiger partial charge in [-0.3, -0.25) is 4.79 Å². The maximum absolute atomic E-state index is 14.1. The van der Waals surface area contributed by atoms with Crippen LogP contribution in [-0.2, 0) is 0 Å². The van der Waals surface area contributed by atoms with Crippen molar-refractivity contribution in [3.8, 4) is 5.69 Å². The molecule has 0 aliphatic carbocycles. The molecule has 114 valence electrons. The van der Waals surface area contributed by atoms with E-state index >= 15 is 0 Å². The van der Waals surface area contributed by atoms with E-state index in [1.165, 1.54) is 29.5 Å². The summed E-state index contributed by atoms with van der Waals surface area (Å²) in [6, 6.07) is 12.0. The van der Waals surface area contributed by atoms with Gasteiger partial charge in [-0.15, -0.1) is 0 Å². The van der Waals surface area contributed by atoms with E-state index in [1.54, 1.807) is 24.3 Å². The summed E-state index contributed by atoms with van der Waals surface area (Å²) in [5.41, 5.74) is 2.47. The summed E-state index contributed by atoms with van der Waals surface area (Å²) >= 11 is 0. The molecule has 0 saturated heterocycles. The van der Waals surface area contributed by atoms with Gasteiger partial charge in [0.2, 0.25) is 0 Å². The van der Waals surface area contributed by atoms with Gasteiger partial charge < -0.3 is 0 Å². The van der Waals surface area contributed by atoms with Gasteiger partial charge in [-0.1, -0.05) is 36.4 Å². The zero-order valence-electron chi connectivity index (χ0n) is 12.5. The highest BCUT2D eigenvalue weighted by Gasteiger charge is 2.07. The van der Waals surface area contributed by atoms with E-state index < -0.39 is 5.82 Å². The Morgan fingerprint density at radius 1 is 1.22 bits per heavy atom. The molecular formula is C18H14FN3O. The second-order valence-corrected chi connectivity index (χ2v) is 5.06. The lowest BCUT2D eigenvalue weighted by Gasteiger charge is -2.03. The van der Waals surface area contributed by atoms with Crippen LogP contribution in [0.1, 0.15) is 21.5 Å². The number of halogens is 1. The van der Waals surface area contributed by atoms with Crippen molar-refractivity contribution >= 4 is 11.9 Å². The monoisotopic (exact) mass is 307 g/mol. The number of carbonyl (C=O) groups is 1. The molecule has 3 aromatic rings. The van der Waals surface area contributed by atoms with Crippen LogP contribution in [0.15, 0.2) is 61.2 Å². The van der Waals surface area contributed by atoms with Crippen LogP contribution in [0.25, 0.3) is 11.8 Å². The van der Waals surface area contributed by atoms with Crippen LogP contribution >= 0.6 is 0 Å². The summed E-state index contributed by atoms with van der Waals surface area (Å²) in [6.07, 6.45) is 5.82. The Bertz CT molecular complexity index is 870. The van der Waals surface area contributed by atoms with E-state index in [0.29, 0.717) is 16.8 Å². The molecule has 1 aromatic heterocycles. The molecule has 0 spiro atoms. The molecule has 0 saturated carbocycles. The number of aromatic nitrogens is 3. The van der Waals surface area contributed by atoms with Gasteiger partial charge in [-0.05, 0) is 36.3 Å². The number of rotatable bonds is 4. The van der Waals surface area contributed by atoms with E-state index in [2.05, 4.69) is 10.1 Å². The van der Waals surface area contributed by atoms with E-state index in [4.69, 9.17) is 0 Å². The van der Waals surface area contributed by atoms with E-state index in [1.807, 2.05) is 25.1 Å². The summed E-state index contributed by atoms with van der Waals surface area (Å²) in [6.45, 7) is 1.88. The van der Waals surface area contributed by atoms with Gasteiger partial charge in [0.15, 0.2) is 5.78 Å². The number of carbonyl (C=O) groups excluding carboxylic acids is 1. The largest absolute Gasteiger partial charge is 0.289 e. The Kier molecular flexibility index (Phi) is 4.10. The average molecular weight is 307 g/mol. The van der Waals surface area contributed by atoms with Crippen LogP contribution in [0.2, 0.25) is 0 Å². The molecule has 0 aliphatic rings. The Balaban J connectivity index is 1.82. The van der Waals surface area contributed by atoms with Crippen LogP contribution in [0.5, 0.6) is 0 Å². The molecule has 4 nitrogen and oxygen atoms in total. The maximum Gasteiger partial charge on any atom is 0.186 e. The van der Waals surface area contributed by atoms with Crippen molar-refractivity contribution < 1.29 is 9.18 Å². The molecule has 5 heteroatoms. The van der Waals surface area contributed by atoms with Crippen LogP contribution in [0.4, 0.5) is 4.39 Å². The molecular weight excluding hydrogens is 293 g/mol. The smallest absolute Gasteiger partial charge is 0.186 e. The van der Waals surface area contributed by atoms with Gasteiger partial charge in [0, 0.05) is 5.56 Å². The van der Waals surface area contributed by atoms with Crippen LogP contribution < -0.4 is 0 Å². The maximum atomic E-state index is 14.1. The summed E-state index contributed by atoms with van der Waals surface area (Å²) in [7, 11) is 0. The molecule has 0 unspecified atom stereocenters. The standard InChI is InChI=1S/C18H14FN3O/c1-13-4-2-3-5-15(13)18(23)9-7-14-6-8-17(16(19)10-14)22-12-20-11-21-22/h2-12H,1H3. The number of hydrogen-bond donors (Lipinski definition) is 0. The van der Waals surface area contributed by atoms with Crippen LogP contribution in [0.3, 0.4) is 0 Å². The summed E-state index contributed by atoms with van der Waals surface area (Å²) in [5.74, 6) is -0.537. The average Bonchev–Trinajstić information content (AvgIpc) is 3.07. The van der Waals surface area contributed by atoms with E-state index in [-0.39, 0.29) is 5.78 Å². The van der Waals surface area contributed by atoms with Crippen molar-refractivity contribution in [2.75, 3.05) is 0 Å². The van der Waals surface area contributed by atoms with Crippen molar-refractivity contribution in [2.24, 2.45) is 0 Å². The molecule has 0 atom stereocenters. The Morgan fingerprint density at radius 3 is 2.74 bits per heavy atom. The number of nitrogens with zero attached hydrogens (tertiary/aromatic N) is 3. The third kappa shape index (κ3) is 3.23. The van der Waals surface area contributed by atoms with Gasteiger partial charge in [0.25, 0.3) is 0 Å².